The zero-order valence-corrected chi connectivity index (χ0v) is 14.6. The van der Waals surface area contributed by atoms with Crippen LogP contribution in [0.25, 0.3) is 11.3 Å². The summed E-state index contributed by atoms with van der Waals surface area (Å²) in [6, 6.07) is 11.6. The third kappa shape index (κ3) is 4.66. The average Bonchev–Trinajstić information content (AvgIpc) is 3.18. The first-order valence-corrected chi connectivity index (χ1v) is 8.67. The Kier molecular flexibility index (Phi) is 5.92. The molecule has 3 rings (SSSR count). The minimum atomic E-state index is -0.145. The molecule has 7 nitrogen and oxygen atoms in total. The number of nitrogens with zero attached hydrogens (tertiary/aromatic N) is 3. The summed E-state index contributed by atoms with van der Waals surface area (Å²) in [6.07, 6.45) is 6.20. The van der Waals surface area contributed by atoms with Crippen molar-refractivity contribution in [1.82, 2.24) is 25.3 Å². The Bertz CT molecular complexity index is 818. The van der Waals surface area contributed by atoms with E-state index < -0.39 is 0 Å². The zero-order valence-electron chi connectivity index (χ0n) is 14.6. The molecule has 0 aliphatic rings. The molecule has 134 valence electrons. The SMILES string of the molecule is CC[C@H](NC(=O)CCNc1ncccn1)c1ncc(-c2ccccc2)[nH]1. The first kappa shape index (κ1) is 17.6. The molecule has 0 saturated carbocycles. The monoisotopic (exact) mass is 350 g/mol. The number of hydrogen-bond donors (Lipinski definition) is 3. The van der Waals surface area contributed by atoms with Gasteiger partial charge in [-0.05, 0) is 18.1 Å². The highest BCUT2D eigenvalue weighted by Crippen LogP contribution is 2.20. The molecule has 0 aliphatic heterocycles. The lowest BCUT2D eigenvalue weighted by molar-refractivity contribution is -0.121. The number of benzene rings is 1. The Balaban J connectivity index is 1.54. The number of H-pyrrole nitrogens is 1. The fourth-order valence-electron chi connectivity index (χ4n) is 2.59. The molecule has 1 atom stereocenters. The van der Waals surface area contributed by atoms with Gasteiger partial charge < -0.3 is 15.6 Å². The molecule has 2 aromatic heterocycles. The molecule has 0 saturated heterocycles. The summed E-state index contributed by atoms with van der Waals surface area (Å²) in [5.41, 5.74) is 2.01. The number of carbonyl (C=O) groups is 1. The summed E-state index contributed by atoms with van der Waals surface area (Å²) in [4.78, 5) is 28.1. The van der Waals surface area contributed by atoms with Gasteiger partial charge in [0.25, 0.3) is 0 Å². The van der Waals surface area contributed by atoms with E-state index in [-0.39, 0.29) is 11.9 Å². The van der Waals surface area contributed by atoms with Crippen LogP contribution in [0.15, 0.2) is 55.0 Å². The fourth-order valence-corrected chi connectivity index (χ4v) is 2.59. The topological polar surface area (TPSA) is 95.6 Å². The molecule has 0 radical (unpaired) electrons. The molecule has 3 N–H and O–H groups in total. The number of rotatable bonds is 8. The molecule has 1 amide bonds. The van der Waals surface area contributed by atoms with Gasteiger partial charge in [-0.3, -0.25) is 4.79 Å². The lowest BCUT2D eigenvalue weighted by Crippen LogP contribution is -2.30. The molecule has 0 aliphatic carbocycles. The van der Waals surface area contributed by atoms with Crippen molar-refractivity contribution >= 4 is 11.9 Å². The minimum Gasteiger partial charge on any atom is -0.354 e. The van der Waals surface area contributed by atoms with Gasteiger partial charge in [0.15, 0.2) is 0 Å². The molecule has 3 aromatic rings. The Hall–Kier alpha value is -3.22. The summed E-state index contributed by atoms with van der Waals surface area (Å²) in [5.74, 6) is 1.24. The second-order valence-electron chi connectivity index (χ2n) is 5.83. The van der Waals surface area contributed by atoms with Crippen LogP contribution in [0, 0.1) is 0 Å². The normalized spacial score (nSPS) is 11.7. The van der Waals surface area contributed by atoms with E-state index in [9.17, 15) is 4.79 Å². The minimum absolute atomic E-state index is 0.0436. The largest absolute Gasteiger partial charge is 0.354 e. The highest BCUT2D eigenvalue weighted by molar-refractivity contribution is 5.76. The highest BCUT2D eigenvalue weighted by Gasteiger charge is 2.16. The van der Waals surface area contributed by atoms with E-state index in [0.717, 1.165) is 23.5 Å². The number of carbonyl (C=O) groups excluding carboxylic acids is 1. The number of anilines is 1. The number of amides is 1. The lowest BCUT2D eigenvalue weighted by atomic mass is 10.2. The second-order valence-corrected chi connectivity index (χ2v) is 5.83. The third-order valence-electron chi connectivity index (χ3n) is 3.95. The van der Waals surface area contributed by atoms with Crippen LogP contribution in [-0.2, 0) is 4.79 Å². The van der Waals surface area contributed by atoms with Crippen molar-refractivity contribution in [2.75, 3.05) is 11.9 Å². The lowest BCUT2D eigenvalue weighted by Gasteiger charge is -2.15. The summed E-state index contributed by atoms with van der Waals surface area (Å²) in [7, 11) is 0. The van der Waals surface area contributed by atoms with E-state index in [4.69, 9.17) is 0 Å². The smallest absolute Gasteiger partial charge is 0.222 e. The number of imidazole rings is 1. The molecule has 0 bridgehead atoms. The molecule has 26 heavy (non-hydrogen) atoms. The summed E-state index contributed by atoms with van der Waals surface area (Å²) in [6.45, 7) is 2.49. The predicted octanol–water partition coefficient (Wildman–Crippen LogP) is 2.94. The third-order valence-corrected chi connectivity index (χ3v) is 3.95. The summed E-state index contributed by atoms with van der Waals surface area (Å²) >= 11 is 0. The van der Waals surface area contributed by atoms with Gasteiger partial charge in [-0.2, -0.15) is 0 Å². The van der Waals surface area contributed by atoms with Crippen molar-refractivity contribution in [1.29, 1.82) is 0 Å². The maximum atomic E-state index is 12.2. The predicted molar refractivity (Wildman–Crippen MR) is 100 cm³/mol. The quantitative estimate of drug-likeness (QED) is 0.580. The molecule has 1 aromatic carbocycles. The van der Waals surface area contributed by atoms with E-state index >= 15 is 0 Å². The van der Waals surface area contributed by atoms with Gasteiger partial charge in [-0.15, -0.1) is 0 Å². The standard InChI is InChI=1S/C19H22N6O/c1-2-15(18-23-13-16(25-18)14-7-4-3-5-8-14)24-17(26)9-12-22-19-20-10-6-11-21-19/h3-8,10-11,13,15H,2,9,12H2,1H3,(H,23,25)(H,24,26)(H,20,21,22)/t15-/m0/s1. The summed E-state index contributed by atoms with van der Waals surface area (Å²) < 4.78 is 0. The van der Waals surface area contributed by atoms with Crippen molar-refractivity contribution in [2.24, 2.45) is 0 Å². The molecule has 2 heterocycles. The Labute approximate surface area is 152 Å². The van der Waals surface area contributed by atoms with E-state index in [1.807, 2.05) is 37.3 Å². The van der Waals surface area contributed by atoms with E-state index in [1.54, 1.807) is 24.7 Å². The maximum absolute atomic E-state index is 12.2. The van der Waals surface area contributed by atoms with Crippen LogP contribution < -0.4 is 10.6 Å². The van der Waals surface area contributed by atoms with E-state index in [2.05, 4.69) is 30.6 Å². The van der Waals surface area contributed by atoms with Crippen LogP contribution in [0.2, 0.25) is 0 Å². The van der Waals surface area contributed by atoms with Gasteiger partial charge in [0.05, 0.1) is 17.9 Å². The van der Waals surface area contributed by atoms with E-state index in [0.29, 0.717) is 18.9 Å². The second kappa shape index (κ2) is 8.75. The number of aromatic nitrogens is 4. The van der Waals surface area contributed by atoms with Crippen LogP contribution in [0.4, 0.5) is 5.95 Å². The zero-order chi connectivity index (χ0) is 18.2. The average molecular weight is 350 g/mol. The van der Waals surface area contributed by atoms with Crippen molar-refractivity contribution in [3.63, 3.8) is 0 Å². The van der Waals surface area contributed by atoms with Crippen LogP contribution in [0.5, 0.6) is 0 Å². The van der Waals surface area contributed by atoms with Gasteiger partial charge >= 0.3 is 0 Å². The number of hydrogen-bond acceptors (Lipinski definition) is 5. The van der Waals surface area contributed by atoms with Crippen LogP contribution >= 0.6 is 0 Å². The van der Waals surface area contributed by atoms with Crippen LogP contribution in [-0.4, -0.2) is 32.4 Å². The van der Waals surface area contributed by atoms with Crippen molar-refractivity contribution < 1.29 is 4.79 Å². The summed E-state index contributed by atoms with van der Waals surface area (Å²) in [5, 5.41) is 6.05. The fraction of sp³-hybridized carbons (Fsp3) is 0.263. The number of nitrogens with one attached hydrogen (secondary N) is 3. The Morgan fingerprint density at radius 3 is 2.62 bits per heavy atom. The highest BCUT2D eigenvalue weighted by atomic mass is 16.1. The van der Waals surface area contributed by atoms with Gasteiger partial charge in [-0.25, -0.2) is 15.0 Å². The van der Waals surface area contributed by atoms with Crippen molar-refractivity contribution in [2.45, 2.75) is 25.8 Å². The Morgan fingerprint density at radius 2 is 1.88 bits per heavy atom. The van der Waals surface area contributed by atoms with Crippen LogP contribution in [0.1, 0.15) is 31.6 Å². The van der Waals surface area contributed by atoms with E-state index in [1.165, 1.54) is 0 Å². The van der Waals surface area contributed by atoms with Gasteiger partial charge in [0, 0.05) is 25.4 Å². The van der Waals surface area contributed by atoms with Crippen LogP contribution in [0.3, 0.4) is 0 Å². The van der Waals surface area contributed by atoms with Gasteiger partial charge in [0.2, 0.25) is 11.9 Å². The van der Waals surface area contributed by atoms with Gasteiger partial charge in [0.1, 0.15) is 5.82 Å². The molecular weight excluding hydrogens is 328 g/mol. The molecule has 7 heteroatoms. The first-order valence-electron chi connectivity index (χ1n) is 8.67. The van der Waals surface area contributed by atoms with Crippen molar-refractivity contribution in [3.8, 4) is 11.3 Å². The molecule has 0 spiro atoms. The van der Waals surface area contributed by atoms with Gasteiger partial charge in [-0.1, -0.05) is 37.3 Å². The Morgan fingerprint density at radius 1 is 1.12 bits per heavy atom. The molecule has 0 fully saturated rings. The first-order chi connectivity index (χ1) is 12.8. The van der Waals surface area contributed by atoms with Crippen molar-refractivity contribution in [3.05, 3.63) is 60.8 Å². The number of aromatic amines is 1. The molecule has 0 unspecified atom stereocenters. The maximum Gasteiger partial charge on any atom is 0.222 e. The molecular formula is C19H22N6O.